The minimum absolute atomic E-state index is 0.181. The molecule has 0 spiro atoms. The van der Waals surface area contributed by atoms with Gasteiger partial charge in [0.15, 0.2) is 16.3 Å². The summed E-state index contributed by atoms with van der Waals surface area (Å²) in [5, 5.41) is 0. The van der Waals surface area contributed by atoms with Crippen molar-refractivity contribution in [3.05, 3.63) is 90.1 Å². The van der Waals surface area contributed by atoms with Crippen LogP contribution in [-0.4, -0.2) is 44.4 Å². The highest BCUT2D eigenvalue weighted by molar-refractivity contribution is 7.07. The molecule has 9 nitrogen and oxygen atoms in total. The van der Waals surface area contributed by atoms with Gasteiger partial charge in [-0.1, -0.05) is 29.5 Å². The largest absolute Gasteiger partial charge is 0.493 e. The third kappa shape index (κ3) is 4.92. The van der Waals surface area contributed by atoms with Gasteiger partial charge in [-0.15, -0.1) is 0 Å². The third-order valence-corrected chi connectivity index (χ3v) is 6.85. The number of hydrogen-bond acceptors (Lipinski definition) is 9. The molecule has 37 heavy (non-hydrogen) atoms. The van der Waals surface area contributed by atoms with Gasteiger partial charge in [-0.3, -0.25) is 9.36 Å². The van der Waals surface area contributed by atoms with Crippen molar-refractivity contribution in [3.8, 4) is 11.5 Å². The molecule has 0 radical (unpaired) electrons. The van der Waals surface area contributed by atoms with Crippen molar-refractivity contribution in [2.24, 2.45) is 4.99 Å². The first-order valence-electron chi connectivity index (χ1n) is 11.4. The molecule has 0 saturated heterocycles. The summed E-state index contributed by atoms with van der Waals surface area (Å²) < 4.78 is 22.8. The monoisotopic (exact) mass is 522 g/mol. The molecule has 1 aromatic heterocycles. The van der Waals surface area contributed by atoms with Crippen LogP contribution in [-0.2, 0) is 14.3 Å². The summed E-state index contributed by atoms with van der Waals surface area (Å²) >= 11 is 1.21. The van der Waals surface area contributed by atoms with E-state index < -0.39 is 18.0 Å². The predicted octanol–water partition coefficient (Wildman–Crippen LogP) is 2.60. The van der Waals surface area contributed by atoms with Crippen LogP contribution >= 0.6 is 11.3 Å². The maximum atomic E-state index is 13.7. The lowest BCUT2D eigenvalue weighted by atomic mass is 9.95. The summed E-state index contributed by atoms with van der Waals surface area (Å²) in [6.07, 6.45) is 1.72. The maximum Gasteiger partial charge on any atom is 0.338 e. The zero-order chi connectivity index (χ0) is 26.7. The molecule has 0 aliphatic carbocycles. The van der Waals surface area contributed by atoms with Crippen LogP contribution in [0.5, 0.6) is 11.5 Å². The molecule has 0 fully saturated rings. The number of rotatable bonds is 7. The normalized spacial score (nSPS) is 15.1. The number of benzene rings is 2. The number of carbonyl (C=O) groups is 2. The van der Waals surface area contributed by atoms with Crippen molar-refractivity contribution in [1.82, 2.24) is 4.57 Å². The first-order chi connectivity index (χ1) is 17.8. The van der Waals surface area contributed by atoms with Crippen LogP contribution in [0.1, 0.15) is 41.4 Å². The molecule has 1 aliphatic rings. The molecular weight excluding hydrogens is 496 g/mol. The smallest absolute Gasteiger partial charge is 0.338 e. The topological polar surface area (TPSA) is 105 Å². The number of ether oxygens (including phenoxy) is 4. The highest BCUT2D eigenvalue weighted by Crippen LogP contribution is 2.36. The van der Waals surface area contributed by atoms with E-state index in [2.05, 4.69) is 4.99 Å². The molecule has 192 valence electrons. The van der Waals surface area contributed by atoms with Gasteiger partial charge < -0.3 is 18.9 Å². The van der Waals surface area contributed by atoms with Crippen molar-refractivity contribution in [2.45, 2.75) is 19.9 Å². The van der Waals surface area contributed by atoms with Gasteiger partial charge in [0.1, 0.15) is 0 Å². The molecule has 1 atom stereocenters. The van der Waals surface area contributed by atoms with Gasteiger partial charge in [0, 0.05) is 0 Å². The molecule has 1 unspecified atom stereocenters. The van der Waals surface area contributed by atoms with Crippen LogP contribution in [0, 0.1) is 0 Å². The van der Waals surface area contributed by atoms with E-state index in [1.54, 1.807) is 62.4 Å². The number of hydrogen-bond donors (Lipinski definition) is 0. The Bertz CT molecular complexity index is 1570. The van der Waals surface area contributed by atoms with E-state index >= 15 is 0 Å². The second kappa shape index (κ2) is 10.8. The number of carbonyl (C=O) groups excluding carboxylic acids is 2. The van der Waals surface area contributed by atoms with E-state index in [0.29, 0.717) is 37.7 Å². The number of allylic oxidation sites excluding steroid dienone is 1. The summed E-state index contributed by atoms with van der Waals surface area (Å²) in [7, 11) is 4.37. The quantitative estimate of drug-likeness (QED) is 0.439. The van der Waals surface area contributed by atoms with Gasteiger partial charge in [0.25, 0.3) is 5.56 Å². The van der Waals surface area contributed by atoms with E-state index in [0.717, 1.165) is 5.56 Å². The van der Waals surface area contributed by atoms with Crippen molar-refractivity contribution in [2.75, 3.05) is 27.9 Å². The van der Waals surface area contributed by atoms with Crippen molar-refractivity contribution < 1.29 is 28.5 Å². The van der Waals surface area contributed by atoms with Crippen molar-refractivity contribution in [3.63, 3.8) is 0 Å². The van der Waals surface area contributed by atoms with E-state index in [4.69, 9.17) is 18.9 Å². The highest BCUT2D eigenvalue weighted by atomic mass is 32.1. The molecule has 1 aliphatic heterocycles. The van der Waals surface area contributed by atoms with Crippen LogP contribution in [0.3, 0.4) is 0 Å². The third-order valence-electron chi connectivity index (χ3n) is 5.87. The Morgan fingerprint density at radius 3 is 2.35 bits per heavy atom. The Morgan fingerprint density at radius 1 is 1.03 bits per heavy atom. The van der Waals surface area contributed by atoms with Gasteiger partial charge in [-0.25, -0.2) is 14.6 Å². The van der Waals surface area contributed by atoms with Gasteiger partial charge in [-0.05, 0) is 55.3 Å². The number of thiazole rings is 1. The summed E-state index contributed by atoms with van der Waals surface area (Å²) in [5.41, 5.74) is 2.20. The molecule has 0 N–H and O–H groups in total. The fraction of sp³-hybridized carbons (Fsp3) is 0.259. The second-order valence-corrected chi connectivity index (χ2v) is 9.04. The summed E-state index contributed by atoms with van der Waals surface area (Å²) in [4.78, 5) is 43.5. The Hall–Kier alpha value is -4.18. The van der Waals surface area contributed by atoms with E-state index in [1.165, 1.54) is 37.2 Å². The van der Waals surface area contributed by atoms with Gasteiger partial charge in [0.2, 0.25) is 0 Å². The molecule has 4 rings (SSSR count). The first kappa shape index (κ1) is 25.9. The predicted molar refractivity (Wildman–Crippen MR) is 138 cm³/mol. The molecule has 0 bridgehead atoms. The maximum absolute atomic E-state index is 13.7. The van der Waals surface area contributed by atoms with Gasteiger partial charge in [-0.2, -0.15) is 0 Å². The van der Waals surface area contributed by atoms with Crippen LogP contribution in [0.4, 0.5) is 0 Å². The lowest BCUT2D eigenvalue weighted by Crippen LogP contribution is -2.39. The van der Waals surface area contributed by atoms with E-state index in [1.807, 2.05) is 0 Å². The Morgan fingerprint density at radius 2 is 1.73 bits per heavy atom. The average Bonchev–Trinajstić information content (AvgIpc) is 3.21. The lowest BCUT2D eigenvalue weighted by Gasteiger charge is -2.25. The number of nitrogens with zero attached hydrogens (tertiary/aromatic N) is 2. The molecular formula is C27H26N2O7S. The van der Waals surface area contributed by atoms with Crippen molar-refractivity contribution >= 4 is 29.4 Å². The first-order valence-corrected chi connectivity index (χ1v) is 12.2. The average molecular weight is 523 g/mol. The van der Waals surface area contributed by atoms with Crippen LogP contribution in [0.25, 0.3) is 6.08 Å². The van der Waals surface area contributed by atoms with E-state index in [-0.39, 0.29) is 17.7 Å². The molecule has 2 aromatic carbocycles. The van der Waals surface area contributed by atoms with Gasteiger partial charge in [0.05, 0.1) is 55.3 Å². The summed E-state index contributed by atoms with van der Waals surface area (Å²) in [6.45, 7) is 3.63. The molecule has 2 heterocycles. The second-order valence-electron chi connectivity index (χ2n) is 8.03. The minimum Gasteiger partial charge on any atom is -0.493 e. The zero-order valence-corrected chi connectivity index (χ0v) is 21.9. The Labute approximate surface area is 216 Å². The zero-order valence-electron chi connectivity index (χ0n) is 21.1. The Balaban J connectivity index is 1.90. The Kier molecular flexibility index (Phi) is 7.58. The van der Waals surface area contributed by atoms with E-state index in [9.17, 15) is 14.4 Å². The van der Waals surface area contributed by atoms with Crippen LogP contribution in [0.15, 0.2) is 63.5 Å². The number of esters is 2. The highest BCUT2D eigenvalue weighted by Gasteiger charge is 2.33. The number of aromatic nitrogens is 1. The number of fused-ring (bicyclic) bond motifs is 1. The molecule has 0 saturated carbocycles. The van der Waals surface area contributed by atoms with Crippen LogP contribution in [0.2, 0.25) is 0 Å². The minimum atomic E-state index is -0.779. The molecule has 0 amide bonds. The standard InChI is InChI=1S/C27H26N2O7S/c1-6-36-26(32)22-15(2)28-27-29(23(22)18-11-12-19(33-3)20(14-18)34-4)24(30)21(37-27)13-16-7-9-17(10-8-16)25(31)35-5/h7-14,23H,6H2,1-5H3/b21-13-. The summed E-state index contributed by atoms with van der Waals surface area (Å²) in [5.74, 6) is -0.00263. The SMILES string of the molecule is CCOC(=O)C1=C(C)N=c2s/c(=C\c3ccc(C(=O)OC)cc3)c(=O)n2C1c1ccc(OC)c(OC)c1. The fourth-order valence-corrected chi connectivity index (χ4v) is 5.16. The fourth-order valence-electron chi connectivity index (χ4n) is 4.11. The molecule has 3 aromatic rings. The van der Waals surface area contributed by atoms with Gasteiger partial charge >= 0.3 is 11.9 Å². The number of methoxy groups -OCH3 is 3. The van der Waals surface area contributed by atoms with Crippen LogP contribution < -0.4 is 24.4 Å². The van der Waals surface area contributed by atoms with Crippen molar-refractivity contribution in [1.29, 1.82) is 0 Å². The molecule has 10 heteroatoms. The summed E-state index contributed by atoms with van der Waals surface area (Å²) in [6, 6.07) is 11.2. The lowest BCUT2D eigenvalue weighted by molar-refractivity contribution is -0.139.